The third-order valence-corrected chi connectivity index (χ3v) is 4.47. The third-order valence-electron chi connectivity index (χ3n) is 2.84. The summed E-state index contributed by atoms with van der Waals surface area (Å²) in [5.41, 5.74) is 1.48. The number of rotatable bonds is 3. The largest absolute Gasteiger partial charge is 0.325 e. The Morgan fingerprint density at radius 2 is 1.74 bits per heavy atom. The molecule has 2 amide bonds. The fraction of sp³-hybridized carbons (Fsp3) is 0. The molecule has 0 saturated heterocycles. The molecule has 1 heterocycles. The van der Waals surface area contributed by atoms with E-state index in [-0.39, 0.29) is 6.03 Å². The number of urea groups is 1. The Kier molecular flexibility index (Phi) is 4.76. The Morgan fingerprint density at radius 1 is 0.957 bits per heavy atom. The molecule has 0 spiro atoms. The molecular formula is C15H10Cl2N4OS. The molecule has 0 aliphatic rings. The first kappa shape index (κ1) is 15.7. The standard InChI is InChI=1S/C15H10Cl2N4OS/c16-11-7-6-9(8-12(11)17)13-20-21-15(23-13)19-14(22)18-10-4-2-1-3-5-10/h1-8H,(H2,18,19,21,22). The van der Waals surface area contributed by atoms with E-state index in [1.807, 2.05) is 18.2 Å². The van der Waals surface area contributed by atoms with E-state index in [0.717, 1.165) is 5.56 Å². The van der Waals surface area contributed by atoms with Crippen molar-refractivity contribution in [1.29, 1.82) is 0 Å². The van der Waals surface area contributed by atoms with Crippen LogP contribution < -0.4 is 10.6 Å². The smallest absolute Gasteiger partial charge is 0.308 e. The molecule has 3 aromatic rings. The van der Waals surface area contributed by atoms with Gasteiger partial charge in [0, 0.05) is 11.3 Å². The molecule has 0 bridgehead atoms. The Hall–Kier alpha value is -2.15. The van der Waals surface area contributed by atoms with Gasteiger partial charge in [-0.2, -0.15) is 0 Å². The summed E-state index contributed by atoms with van der Waals surface area (Å²) in [6.45, 7) is 0. The van der Waals surface area contributed by atoms with Crippen LogP contribution in [0.5, 0.6) is 0 Å². The summed E-state index contributed by atoms with van der Waals surface area (Å²) in [5.74, 6) is 0. The van der Waals surface area contributed by atoms with Crippen LogP contribution in [0, 0.1) is 0 Å². The van der Waals surface area contributed by atoms with Gasteiger partial charge in [0.25, 0.3) is 0 Å². The minimum Gasteiger partial charge on any atom is -0.308 e. The van der Waals surface area contributed by atoms with E-state index in [1.54, 1.807) is 30.3 Å². The second-order valence-electron chi connectivity index (χ2n) is 4.49. The first-order valence-electron chi connectivity index (χ1n) is 6.54. The molecule has 116 valence electrons. The molecule has 2 aromatic carbocycles. The van der Waals surface area contributed by atoms with Gasteiger partial charge in [-0.05, 0) is 24.3 Å². The van der Waals surface area contributed by atoms with Crippen molar-refractivity contribution >= 4 is 51.4 Å². The second kappa shape index (κ2) is 6.95. The maximum atomic E-state index is 11.9. The molecule has 2 N–H and O–H groups in total. The molecule has 0 aliphatic heterocycles. The number of nitrogens with one attached hydrogen (secondary N) is 2. The number of nitrogens with zero attached hydrogens (tertiary/aromatic N) is 2. The number of benzene rings is 2. The fourth-order valence-electron chi connectivity index (χ4n) is 1.80. The summed E-state index contributed by atoms with van der Waals surface area (Å²) in [6.07, 6.45) is 0. The molecule has 0 saturated carbocycles. The molecule has 5 nitrogen and oxygen atoms in total. The SMILES string of the molecule is O=C(Nc1ccccc1)Nc1nnc(-c2ccc(Cl)c(Cl)c2)s1. The van der Waals surface area contributed by atoms with Crippen LogP contribution in [0.15, 0.2) is 48.5 Å². The zero-order chi connectivity index (χ0) is 16.2. The van der Waals surface area contributed by atoms with Gasteiger partial charge in [0.2, 0.25) is 5.13 Å². The average molecular weight is 365 g/mol. The van der Waals surface area contributed by atoms with Gasteiger partial charge in [0.15, 0.2) is 0 Å². The zero-order valence-corrected chi connectivity index (χ0v) is 13.9. The predicted molar refractivity (Wildman–Crippen MR) is 94.4 cm³/mol. The molecule has 23 heavy (non-hydrogen) atoms. The van der Waals surface area contributed by atoms with Crippen molar-refractivity contribution in [3.05, 3.63) is 58.6 Å². The van der Waals surface area contributed by atoms with Crippen molar-refractivity contribution < 1.29 is 4.79 Å². The lowest BCUT2D eigenvalue weighted by Crippen LogP contribution is -2.19. The number of aromatic nitrogens is 2. The summed E-state index contributed by atoms with van der Waals surface area (Å²) >= 11 is 13.1. The van der Waals surface area contributed by atoms with Crippen LogP contribution in [0.1, 0.15) is 0 Å². The van der Waals surface area contributed by atoms with E-state index in [1.165, 1.54) is 11.3 Å². The molecule has 0 radical (unpaired) electrons. The first-order chi connectivity index (χ1) is 11.1. The summed E-state index contributed by atoms with van der Waals surface area (Å²) in [5, 5.41) is 15.3. The van der Waals surface area contributed by atoms with Crippen LogP contribution in [0.25, 0.3) is 10.6 Å². The molecule has 0 fully saturated rings. The normalized spacial score (nSPS) is 10.3. The predicted octanol–water partition coefficient (Wildman–Crippen LogP) is 5.16. The number of hydrogen-bond acceptors (Lipinski definition) is 4. The lowest BCUT2D eigenvalue weighted by molar-refractivity contribution is 0.262. The number of carbonyl (C=O) groups excluding carboxylic acids is 1. The highest BCUT2D eigenvalue weighted by atomic mass is 35.5. The molecule has 3 rings (SSSR count). The summed E-state index contributed by atoms with van der Waals surface area (Å²) in [6, 6.07) is 13.9. The minimum absolute atomic E-state index is 0.381. The molecule has 8 heteroatoms. The van der Waals surface area contributed by atoms with Crippen LogP contribution in [0.2, 0.25) is 10.0 Å². The van der Waals surface area contributed by atoms with Crippen molar-refractivity contribution in [1.82, 2.24) is 10.2 Å². The van der Waals surface area contributed by atoms with Crippen molar-refractivity contribution in [2.75, 3.05) is 10.6 Å². The van der Waals surface area contributed by atoms with E-state index in [9.17, 15) is 4.79 Å². The fourth-order valence-corrected chi connectivity index (χ4v) is 2.83. The van der Waals surface area contributed by atoms with Gasteiger partial charge in [0.05, 0.1) is 10.0 Å². The highest BCUT2D eigenvalue weighted by Gasteiger charge is 2.11. The Morgan fingerprint density at radius 3 is 2.48 bits per heavy atom. The second-order valence-corrected chi connectivity index (χ2v) is 6.28. The van der Waals surface area contributed by atoms with E-state index in [0.29, 0.717) is 25.9 Å². The molecule has 1 aromatic heterocycles. The Labute approximate surface area is 146 Å². The number of hydrogen-bond donors (Lipinski definition) is 2. The molecular weight excluding hydrogens is 355 g/mol. The number of halogens is 2. The third kappa shape index (κ3) is 3.98. The van der Waals surface area contributed by atoms with Crippen molar-refractivity contribution in [3.8, 4) is 10.6 Å². The van der Waals surface area contributed by atoms with E-state index in [2.05, 4.69) is 20.8 Å². The highest BCUT2D eigenvalue weighted by Crippen LogP contribution is 2.31. The highest BCUT2D eigenvalue weighted by molar-refractivity contribution is 7.18. The lowest BCUT2D eigenvalue weighted by atomic mass is 10.2. The maximum Gasteiger partial charge on any atom is 0.325 e. The van der Waals surface area contributed by atoms with Gasteiger partial charge in [-0.15, -0.1) is 10.2 Å². The Bertz CT molecular complexity index is 839. The minimum atomic E-state index is -0.381. The zero-order valence-electron chi connectivity index (χ0n) is 11.6. The van der Waals surface area contributed by atoms with Crippen LogP contribution >= 0.6 is 34.5 Å². The van der Waals surface area contributed by atoms with Gasteiger partial charge in [0.1, 0.15) is 5.01 Å². The van der Waals surface area contributed by atoms with Gasteiger partial charge in [-0.1, -0.05) is 58.8 Å². The van der Waals surface area contributed by atoms with Gasteiger partial charge < -0.3 is 5.32 Å². The van der Waals surface area contributed by atoms with Crippen molar-refractivity contribution in [2.45, 2.75) is 0 Å². The van der Waals surface area contributed by atoms with Crippen LogP contribution in [0.4, 0.5) is 15.6 Å². The molecule has 0 unspecified atom stereocenters. The van der Waals surface area contributed by atoms with Gasteiger partial charge in [-0.3, -0.25) is 5.32 Å². The monoisotopic (exact) mass is 364 g/mol. The number of para-hydroxylation sites is 1. The van der Waals surface area contributed by atoms with E-state index >= 15 is 0 Å². The summed E-state index contributed by atoms with van der Waals surface area (Å²) in [4.78, 5) is 11.9. The summed E-state index contributed by atoms with van der Waals surface area (Å²) in [7, 11) is 0. The Balaban J connectivity index is 1.69. The first-order valence-corrected chi connectivity index (χ1v) is 8.11. The van der Waals surface area contributed by atoms with Crippen LogP contribution in [0.3, 0.4) is 0 Å². The maximum absolute atomic E-state index is 11.9. The van der Waals surface area contributed by atoms with Crippen molar-refractivity contribution in [3.63, 3.8) is 0 Å². The van der Waals surface area contributed by atoms with Gasteiger partial charge in [-0.25, -0.2) is 4.79 Å². The topological polar surface area (TPSA) is 66.9 Å². The lowest BCUT2D eigenvalue weighted by Gasteiger charge is -2.04. The summed E-state index contributed by atoms with van der Waals surface area (Å²) < 4.78 is 0. The number of anilines is 2. The van der Waals surface area contributed by atoms with E-state index in [4.69, 9.17) is 23.2 Å². The van der Waals surface area contributed by atoms with E-state index < -0.39 is 0 Å². The molecule has 0 aliphatic carbocycles. The van der Waals surface area contributed by atoms with Crippen molar-refractivity contribution in [2.24, 2.45) is 0 Å². The van der Waals surface area contributed by atoms with Gasteiger partial charge >= 0.3 is 6.03 Å². The van der Waals surface area contributed by atoms with Crippen LogP contribution in [-0.2, 0) is 0 Å². The molecule has 0 atom stereocenters. The quantitative estimate of drug-likeness (QED) is 0.674. The number of carbonyl (C=O) groups is 1. The average Bonchev–Trinajstić information content (AvgIpc) is 2.99. The van der Waals surface area contributed by atoms with Crippen LogP contribution in [-0.4, -0.2) is 16.2 Å². The number of amides is 2.